The number of hydrogen-bond donors (Lipinski definition) is 2. The van der Waals surface area contributed by atoms with Crippen molar-refractivity contribution >= 4 is 20.9 Å². The van der Waals surface area contributed by atoms with E-state index >= 15 is 0 Å². The van der Waals surface area contributed by atoms with Gasteiger partial charge in [0.1, 0.15) is 12.1 Å². The Morgan fingerprint density at radius 3 is 2.54 bits per heavy atom. The smallest absolute Gasteiger partial charge is 0.332 e. The van der Waals surface area contributed by atoms with Crippen LogP contribution < -0.4 is 16.0 Å². The molecule has 1 aliphatic carbocycles. The highest BCUT2D eigenvalue weighted by molar-refractivity contribution is 7.89. The summed E-state index contributed by atoms with van der Waals surface area (Å²) in [4.78, 5) is 24.9. The van der Waals surface area contributed by atoms with Gasteiger partial charge in [0.25, 0.3) is 5.56 Å². The highest BCUT2D eigenvalue weighted by Gasteiger charge is 2.41. The Kier molecular flexibility index (Phi) is 4.21. The minimum atomic E-state index is -3.78. The standard InChI is InChI=1S/C17H19N3O5S/c1-11(6-9-21)20-14-5-4-12(26(24,25)18-17(2)7-8-17)10-13(14)15(22)19(3)16(20)23/h4-5,10-11,18,21H,7-8H2,1-3H3/t11-/m0/s1. The third-order valence-corrected chi connectivity index (χ3v) is 6.24. The first kappa shape index (κ1) is 18.2. The van der Waals surface area contributed by atoms with Gasteiger partial charge in [-0.05, 0) is 50.8 Å². The van der Waals surface area contributed by atoms with Gasteiger partial charge in [0.05, 0.1) is 15.8 Å². The summed E-state index contributed by atoms with van der Waals surface area (Å²) in [6, 6.07) is 3.33. The first-order chi connectivity index (χ1) is 12.1. The number of fused-ring (bicyclic) bond motifs is 1. The van der Waals surface area contributed by atoms with Crippen LogP contribution in [0.4, 0.5) is 0 Å². The Labute approximate surface area is 150 Å². The van der Waals surface area contributed by atoms with E-state index in [4.69, 9.17) is 5.11 Å². The highest BCUT2D eigenvalue weighted by Crippen LogP contribution is 2.36. The maximum absolute atomic E-state index is 12.6. The minimum Gasteiger partial charge on any atom is -0.462 e. The molecule has 0 saturated heterocycles. The van der Waals surface area contributed by atoms with Crippen LogP contribution in [0.2, 0.25) is 0 Å². The Bertz CT molecular complexity index is 1180. The normalized spacial score (nSPS) is 16.7. The van der Waals surface area contributed by atoms with Crippen molar-refractivity contribution in [3.63, 3.8) is 0 Å². The topological polar surface area (TPSA) is 110 Å². The van der Waals surface area contributed by atoms with Gasteiger partial charge in [-0.3, -0.25) is 13.9 Å². The Balaban J connectivity index is 2.26. The molecule has 0 amide bonds. The van der Waals surface area contributed by atoms with Crippen LogP contribution in [0.15, 0.2) is 32.7 Å². The fourth-order valence-corrected chi connectivity index (χ4v) is 4.29. The van der Waals surface area contributed by atoms with Crippen LogP contribution in [0, 0.1) is 12.0 Å². The summed E-state index contributed by atoms with van der Waals surface area (Å²) in [7, 11) is -2.47. The first-order valence-electron chi connectivity index (χ1n) is 8.03. The van der Waals surface area contributed by atoms with E-state index in [1.54, 1.807) is 13.0 Å². The molecule has 3 rings (SSSR count). The number of aliphatic hydroxyl groups is 1. The van der Waals surface area contributed by atoms with Crippen LogP contribution in [-0.2, 0) is 17.1 Å². The van der Waals surface area contributed by atoms with E-state index in [1.807, 2.05) is 6.92 Å². The molecule has 1 fully saturated rings. The number of nitrogens with zero attached hydrogens (tertiary/aromatic N) is 2. The fraction of sp³-hybridized carbons (Fsp3) is 0.412. The molecule has 0 spiro atoms. The van der Waals surface area contributed by atoms with E-state index in [2.05, 4.69) is 10.6 Å². The molecule has 1 saturated carbocycles. The van der Waals surface area contributed by atoms with Gasteiger partial charge in [-0.2, -0.15) is 0 Å². The molecule has 2 N–H and O–H groups in total. The maximum Gasteiger partial charge on any atom is 0.332 e. The van der Waals surface area contributed by atoms with Gasteiger partial charge in [-0.1, -0.05) is 0 Å². The lowest BCUT2D eigenvalue weighted by Crippen LogP contribution is -2.39. The van der Waals surface area contributed by atoms with Gasteiger partial charge in [-0.15, -0.1) is 0 Å². The molecule has 1 heterocycles. The van der Waals surface area contributed by atoms with E-state index < -0.39 is 32.9 Å². The number of nitrogens with one attached hydrogen (secondary N) is 1. The van der Waals surface area contributed by atoms with Crippen LogP contribution >= 0.6 is 0 Å². The monoisotopic (exact) mass is 377 g/mol. The summed E-state index contributed by atoms with van der Waals surface area (Å²) in [5.41, 5.74) is -1.38. The van der Waals surface area contributed by atoms with Gasteiger partial charge in [0, 0.05) is 12.6 Å². The van der Waals surface area contributed by atoms with Crippen molar-refractivity contribution in [2.75, 3.05) is 0 Å². The molecule has 1 aromatic carbocycles. The van der Waals surface area contributed by atoms with Gasteiger partial charge in [0.15, 0.2) is 0 Å². The summed E-state index contributed by atoms with van der Waals surface area (Å²) in [5, 5.41) is 8.90. The second-order valence-corrected chi connectivity index (χ2v) is 8.48. The molecule has 2 aromatic rings. The number of hydrogen-bond acceptors (Lipinski definition) is 5. The molecule has 8 nitrogen and oxygen atoms in total. The van der Waals surface area contributed by atoms with E-state index in [0.29, 0.717) is 0 Å². The molecule has 0 bridgehead atoms. The van der Waals surface area contributed by atoms with Crippen LogP contribution in [-0.4, -0.2) is 28.2 Å². The predicted molar refractivity (Wildman–Crippen MR) is 95.8 cm³/mol. The van der Waals surface area contributed by atoms with E-state index in [-0.39, 0.29) is 15.8 Å². The molecule has 9 heteroatoms. The third-order valence-electron chi connectivity index (χ3n) is 4.61. The quantitative estimate of drug-likeness (QED) is 0.751. The second kappa shape index (κ2) is 6.00. The van der Waals surface area contributed by atoms with Gasteiger partial charge >= 0.3 is 5.69 Å². The van der Waals surface area contributed by atoms with E-state index in [0.717, 1.165) is 17.4 Å². The Morgan fingerprint density at radius 2 is 1.96 bits per heavy atom. The van der Waals surface area contributed by atoms with Crippen molar-refractivity contribution in [3.8, 4) is 12.0 Å². The molecule has 0 unspecified atom stereocenters. The van der Waals surface area contributed by atoms with Crippen LogP contribution in [0.1, 0.15) is 32.7 Å². The highest BCUT2D eigenvalue weighted by atomic mass is 32.2. The van der Waals surface area contributed by atoms with Crippen LogP contribution in [0.25, 0.3) is 10.9 Å². The number of aromatic nitrogens is 2. The number of benzene rings is 1. The zero-order valence-corrected chi connectivity index (χ0v) is 15.4. The molecule has 0 aliphatic heterocycles. The molecule has 138 valence electrons. The molecule has 1 aromatic heterocycles. The average Bonchev–Trinajstić information content (AvgIpc) is 3.29. The van der Waals surface area contributed by atoms with Gasteiger partial charge < -0.3 is 5.11 Å². The van der Waals surface area contributed by atoms with Crippen molar-refractivity contribution in [1.82, 2.24) is 13.9 Å². The zero-order chi connectivity index (χ0) is 19.3. The van der Waals surface area contributed by atoms with Crippen LogP contribution in [0.5, 0.6) is 0 Å². The maximum atomic E-state index is 12.6. The number of sulfonamides is 1. The van der Waals surface area contributed by atoms with Crippen molar-refractivity contribution in [2.45, 2.75) is 43.2 Å². The lowest BCUT2D eigenvalue weighted by molar-refractivity contribution is 0.511. The summed E-state index contributed by atoms with van der Waals surface area (Å²) in [6.07, 6.45) is 3.28. The van der Waals surface area contributed by atoms with Crippen molar-refractivity contribution < 1.29 is 13.5 Å². The Hall–Kier alpha value is -2.57. The fourth-order valence-electron chi connectivity index (χ4n) is 2.80. The zero-order valence-electron chi connectivity index (χ0n) is 14.6. The summed E-state index contributed by atoms with van der Waals surface area (Å²) in [6.45, 7) is 3.41. The van der Waals surface area contributed by atoms with Crippen molar-refractivity contribution in [1.29, 1.82) is 0 Å². The lowest BCUT2D eigenvalue weighted by atomic mass is 10.2. The molecule has 26 heavy (non-hydrogen) atoms. The second-order valence-electron chi connectivity index (χ2n) is 6.79. The van der Waals surface area contributed by atoms with Crippen molar-refractivity contribution in [2.24, 2.45) is 7.05 Å². The van der Waals surface area contributed by atoms with Crippen molar-refractivity contribution in [3.05, 3.63) is 39.0 Å². The summed E-state index contributed by atoms with van der Waals surface area (Å²) < 4.78 is 29.9. The first-order valence-corrected chi connectivity index (χ1v) is 9.52. The molecular weight excluding hydrogens is 358 g/mol. The number of aliphatic hydroxyl groups excluding tert-OH is 1. The van der Waals surface area contributed by atoms with Gasteiger partial charge in [0.2, 0.25) is 10.0 Å². The molecular formula is C17H19N3O5S. The lowest BCUT2D eigenvalue weighted by Gasteiger charge is -2.16. The Morgan fingerprint density at radius 1 is 1.31 bits per heavy atom. The van der Waals surface area contributed by atoms with Crippen LogP contribution in [0.3, 0.4) is 0 Å². The molecule has 0 radical (unpaired) electrons. The predicted octanol–water partition coefficient (Wildman–Crippen LogP) is 0.425. The summed E-state index contributed by atoms with van der Waals surface area (Å²) >= 11 is 0. The third kappa shape index (κ3) is 3.02. The number of rotatable bonds is 4. The van der Waals surface area contributed by atoms with Gasteiger partial charge in [-0.25, -0.2) is 17.9 Å². The largest absolute Gasteiger partial charge is 0.462 e. The molecule has 1 aliphatic rings. The summed E-state index contributed by atoms with van der Waals surface area (Å²) in [5.74, 6) is 2.45. The van der Waals surface area contributed by atoms with E-state index in [1.165, 1.54) is 29.8 Å². The van der Waals surface area contributed by atoms with E-state index in [9.17, 15) is 18.0 Å². The average molecular weight is 377 g/mol. The SMILES string of the molecule is C[C@@H](C#CO)n1c(=O)n(C)c(=O)c2cc(S(=O)(=O)NC3(C)CC3)ccc21. The molecule has 1 atom stereocenters. The minimum absolute atomic E-state index is 0.0404.